The maximum absolute atomic E-state index is 12.1. The van der Waals surface area contributed by atoms with Crippen LogP contribution in [0.25, 0.3) is 0 Å². The molecule has 2 rings (SSSR count). The molecule has 1 heterocycles. The van der Waals surface area contributed by atoms with Gasteiger partial charge in [-0.05, 0) is 17.7 Å². The highest BCUT2D eigenvalue weighted by Gasteiger charge is 2.39. The molecule has 1 unspecified atom stereocenters. The van der Waals surface area contributed by atoms with Crippen LogP contribution in [0.15, 0.2) is 24.3 Å². The van der Waals surface area contributed by atoms with Gasteiger partial charge in [0.2, 0.25) is 0 Å². The molecule has 0 saturated carbocycles. The Hall–Kier alpha value is -1.23. The summed E-state index contributed by atoms with van der Waals surface area (Å²) in [4.78, 5) is 2.02. The molecule has 1 saturated heterocycles. The smallest absolute Gasteiger partial charge is 0.379 e. The van der Waals surface area contributed by atoms with Gasteiger partial charge in [-0.1, -0.05) is 12.1 Å². The first kappa shape index (κ1) is 10.3. The summed E-state index contributed by atoms with van der Waals surface area (Å²) < 4.78 is 36.4. The Morgan fingerprint density at radius 2 is 1.67 bits per heavy atom. The van der Waals surface area contributed by atoms with E-state index in [0.29, 0.717) is 0 Å². The van der Waals surface area contributed by atoms with E-state index in [0.717, 1.165) is 18.8 Å². The van der Waals surface area contributed by atoms with E-state index in [2.05, 4.69) is 0 Å². The fraction of sp³-hybridized carbons (Fsp3) is 0.400. The lowest BCUT2D eigenvalue weighted by molar-refractivity contribution is -0.206. The zero-order valence-electron chi connectivity index (χ0n) is 7.83. The fourth-order valence-electron chi connectivity index (χ4n) is 1.36. The molecule has 5 heteroatoms. The van der Waals surface area contributed by atoms with Crippen molar-refractivity contribution < 1.29 is 18.3 Å². The molecule has 0 amide bonds. The minimum absolute atomic E-state index is 0.117. The van der Waals surface area contributed by atoms with E-state index in [4.69, 9.17) is 5.11 Å². The predicted molar refractivity (Wildman–Crippen MR) is 49.7 cm³/mol. The van der Waals surface area contributed by atoms with Crippen LogP contribution >= 0.6 is 0 Å². The van der Waals surface area contributed by atoms with Crippen molar-refractivity contribution in [2.45, 2.75) is 12.3 Å². The summed E-state index contributed by atoms with van der Waals surface area (Å²) in [5.41, 5.74) is 0.779. The predicted octanol–water partition coefficient (Wildman–Crippen LogP) is 2.10. The molecule has 0 spiro atoms. The zero-order chi connectivity index (χ0) is 11.1. The first-order chi connectivity index (χ1) is 6.98. The van der Waals surface area contributed by atoms with Gasteiger partial charge in [0.1, 0.15) is 0 Å². The largest absolute Gasteiger partial charge is 0.418 e. The second-order valence-electron chi connectivity index (χ2n) is 3.52. The molecule has 1 aliphatic heterocycles. The summed E-state index contributed by atoms with van der Waals surface area (Å²) in [7, 11) is 0. The molecular formula is C10H10F3NO. The molecule has 82 valence electrons. The highest BCUT2D eigenvalue weighted by molar-refractivity contribution is 5.52. The Bertz CT molecular complexity index is 343. The van der Waals surface area contributed by atoms with Gasteiger partial charge in [-0.2, -0.15) is 13.2 Å². The van der Waals surface area contributed by atoms with Crippen molar-refractivity contribution in [2.24, 2.45) is 0 Å². The van der Waals surface area contributed by atoms with Crippen molar-refractivity contribution >= 4 is 5.69 Å². The number of hydrogen-bond donors (Lipinski definition) is 1. The number of benzene rings is 1. The Labute approximate surface area is 84.9 Å². The number of hydrogen-bond acceptors (Lipinski definition) is 2. The SMILES string of the molecule is OC(c1ccc(N2CC2)cc1)C(F)(F)F. The number of nitrogens with zero attached hydrogens (tertiary/aromatic N) is 1. The van der Waals surface area contributed by atoms with Crippen molar-refractivity contribution in [1.29, 1.82) is 0 Å². The van der Waals surface area contributed by atoms with Crippen LogP contribution in [0.4, 0.5) is 18.9 Å². The van der Waals surface area contributed by atoms with Crippen molar-refractivity contribution in [3.63, 3.8) is 0 Å². The van der Waals surface area contributed by atoms with Gasteiger partial charge in [0.15, 0.2) is 6.10 Å². The molecule has 2 nitrogen and oxygen atoms in total. The summed E-state index contributed by atoms with van der Waals surface area (Å²) in [5.74, 6) is 0. The maximum Gasteiger partial charge on any atom is 0.418 e. The minimum atomic E-state index is -4.60. The van der Waals surface area contributed by atoms with E-state index in [-0.39, 0.29) is 5.56 Å². The summed E-state index contributed by atoms with van der Waals surface area (Å²) in [5, 5.41) is 8.96. The molecule has 1 atom stereocenters. The van der Waals surface area contributed by atoms with Gasteiger partial charge in [0.05, 0.1) is 0 Å². The van der Waals surface area contributed by atoms with Gasteiger partial charge >= 0.3 is 6.18 Å². The molecule has 0 aromatic heterocycles. The van der Waals surface area contributed by atoms with Crippen molar-refractivity contribution in [1.82, 2.24) is 0 Å². The number of aliphatic hydroxyl groups is 1. The number of halogens is 3. The summed E-state index contributed by atoms with van der Waals surface area (Å²) in [6, 6.07) is 5.81. The van der Waals surface area contributed by atoms with E-state index in [1.165, 1.54) is 12.1 Å². The topological polar surface area (TPSA) is 23.2 Å². The molecule has 15 heavy (non-hydrogen) atoms. The number of aliphatic hydroxyl groups excluding tert-OH is 1. The zero-order valence-corrected chi connectivity index (χ0v) is 7.83. The average Bonchev–Trinajstić information content (AvgIpc) is 2.99. The first-order valence-corrected chi connectivity index (χ1v) is 4.58. The Kier molecular flexibility index (Phi) is 2.34. The minimum Gasteiger partial charge on any atom is -0.379 e. The number of alkyl halides is 3. The van der Waals surface area contributed by atoms with Crippen molar-refractivity contribution in [3.8, 4) is 0 Å². The second kappa shape index (κ2) is 3.41. The Morgan fingerprint density at radius 3 is 2.07 bits per heavy atom. The summed E-state index contributed by atoms with van der Waals surface area (Å²) in [6.07, 6.45) is -6.98. The Balaban J connectivity index is 2.15. The van der Waals surface area contributed by atoms with E-state index in [9.17, 15) is 13.2 Å². The quantitative estimate of drug-likeness (QED) is 0.767. The Morgan fingerprint density at radius 1 is 1.13 bits per heavy atom. The van der Waals surface area contributed by atoms with Crippen molar-refractivity contribution in [3.05, 3.63) is 29.8 Å². The molecular weight excluding hydrogens is 207 g/mol. The molecule has 0 bridgehead atoms. The molecule has 1 aromatic rings. The summed E-state index contributed by atoms with van der Waals surface area (Å²) >= 11 is 0. The number of rotatable bonds is 2. The third kappa shape index (κ3) is 2.23. The fourth-order valence-corrected chi connectivity index (χ4v) is 1.36. The molecule has 0 radical (unpaired) electrons. The van der Waals surface area contributed by atoms with Crippen LogP contribution in [0, 0.1) is 0 Å². The molecule has 1 N–H and O–H groups in total. The van der Waals surface area contributed by atoms with Crippen LogP contribution in [-0.4, -0.2) is 24.4 Å². The highest BCUT2D eigenvalue weighted by Crippen LogP contribution is 2.33. The van der Waals surface area contributed by atoms with Crippen LogP contribution in [0.1, 0.15) is 11.7 Å². The van der Waals surface area contributed by atoms with Gasteiger partial charge in [-0.15, -0.1) is 0 Å². The lowest BCUT2D eigenvalue weighted by Crippen LogP contribution is -2.20. The van der Waals surface area contributed by atoms with E-state index < -0.39 is 12.3 Å². The third-order valence-corrected chi connectivity index (χ3v) is 2.33. The van der Waals surface area contributed by atoms with Gasteiger partial charge < -0.3 is 10.0 Å². The third-order valence-electron chi connectivity index (χ3n) is 2.33. The standard InChI is InChI=1S/C10H10F3NO/c11-10(12,13)9(15)7-1-3-8(4-2-7)14-5-6-14/h1-4,9,15H,5-6H2. The molecule has 1 aliphatic rings. The van der Waals surface area contributed by atoms with Crippen LogP contribution in [-0.2, 0) is 0 Å². The first-order valence-electron chi connectivity index (χ1n) is 4.58. The van der Waals surface area contributed by atoms with E-state index >= 15 is 0 Å². The summed E-state index contributed by atoms with van der Waals surface area (Å²) in [6.45, 7) is 1.89. The van der Waals surface area contributed by atoms with Crippen LogP contribution in [0.2, 0.25) is 0 Å². The normalized spacial score (nSPS) is 17.7. The van der Waals surface area contributed by atoms with E-state index in [1.54, 1.807) is 12.1 Å². The van der Waals surface area contributed by atoms with E-state index in [1.807, 2.05) is 4.90 Å². The highest BCUT2D eigenvalue weighted by atomic mass is 19.4. The van der Waals surface area contributed by atoms with Gasteiger partial charge in [0, 0.05) is 18.8 Å². The van der Waals surface area contributed by atoms with Crippen LogP contribution in [0.5, 0.6) is 0 Å². The lowest BCUT2D eigenvalue weighted by Gasteiger charge is -2.15. The van der Waals surface area contributed by atoms with Gasteiger partial charge in [0.25, 0.3) is 0 Å². The van der Waals surface area contributed by atoms with Crippen LogP contribution < -0.4 is 4.90 Å². The second-order valence-corrected chi connectivity index (χ2v) is 3.52. The molecule has 1 aromatic carbocycles. The molecule has 0 aliphatic carbocycles. The maximum atomic E-state index is 12.1. The average molecular weight is 217 g/mol. The van der Waals surface area contributed by atoms with Crippen LogP contribution in [0.3, 0.4) is 0 Å². The van der Waals surface area contributed by atoms with Gasteiger partial charge in [-0.3, -0.25) is 0 Å². The van der Waals surface area contributed by atoms with Gasteiger partial charge in [-0.25, -0.2) is 0 Å². The molecule has 1 fully saturated rings. The monoisotopic (exact) mass is 217 g/mol. The number of anilines is 1. The lowest BCUT2D eigenvalue weighted by atomic mass is 10.1. The van der Waals surface area contributed by atoms with Crippen molar-refractivity contribution in [2.75, 3.05) is 18.0 Å².